The third-order valence-electron chi connectivity index (χ3n) is 6.18. The molecule has 156 valence electrons. The molecule has 2 aliphatic heterocycles. The quantitative estimate of drug-likeness (QED) is 0.759. The van der Waals surface area contributed by atoms with E-state index in [1.54, 1.807) is 19.1 Å². The summed E-state index contributed by atoms with van der Waals surface area (Å²) in [7, 11) is -1.62. The zero-order valence-electron chi connectivity index (χ0n) is 17.4. The minimum Gasteiger partial charge on any atom is -0.345 e. The van der Waals surface area contributed by atoms with E-state index in [1.165, 1.54) is 3.97 Å². The van der Waals surface area contributed by atoms with Crippen LogP contribution in [0.2, 0.25) is 0 Å². The second kappa shape index (κ2) is 7.77. The Hall–Kier alpha value is -1.84. The Balaban J connectivity index is 1.80. The molecule has 0 radical (unpaired) electrons. The van der Waals surface area contributed by atoms with Gasteiger partial charge in [0, 0.05) is 49.2 Å². The molecule has 1 N–H and O–H groups in total. The third-order valence-corrected chi connectivity index (χ3v) is 7.73. The topological polar surface area (TPSA) is 74.7 Å². The molecule has 0 atom stereocenters. The van der Waals surface area contributed by atoms with Crippen LogP contribution >= 0.6 is 0 Å². The average molecular weight is 416 g/mol. The van der Waals surface area contributed by atoms with Gasteiger partial charge in [-0.1, -0.05) is 13.8 Å². The zero-order chi connectivity index (χ0) is 20.8. The van der Waals surface area contributed by atoms with Gasteiger partial charge in [-0.05, 0) is 49.1 Å². The maximum Gasteiger partial charge on any atom is 0.305 e. The van der Waals surface area contributed by atoms with Crippen molar-refractivity contribution >= 4 is 35.0 Å². The number of nitrogens with zero attached hydrogens (tertiary/aromatic N) is 3. The number of rotatable bonds is 4. The molecule has 0 unspecified atom stereocenters. The van der Waals surface area contributed by atoms with E-state index < -0.39 is 10.2 Å². The van der Waals surface area contributed by atoms with Crippen LogP contribution in [-0.4, -0.2) is 62.2 Å². The number of carbonyl (C=O) groups excluding carboxylic acids is 1. The number of amides is 1. The van der Waals surface area contributed by atoms with Gasteiger partial charge in [-0.25, -0.2) is 3.97 Å². The molecule has 3 heterocycles. The lowest BCUT2D eigenvalue weighted by atomic mass is 9.98. The molecule has 0 aliphatic carbocycles. The molecule has 1 fully saturated rings. The number of aromatic nitrogens is 1. The van der Waals surface area contributed by atoms with Crippen molar-refractivity contribution in [3.63, 3.8) is 0 Å². The van der Waals surface area contributed by atoms with Gasteiger partial charge in [0.05, 0.1) is 5.52 Å². The highest BCUT2D eigenvalue weighted by Gasteiger charge is 2.29. The number of nitrogens with one attached hydrogen (secondary N) is 1. The molecule has 1 aromatic carbocycles. The molecule has 4 rings (SSSR count). The van der Waals surface area contributed by atoms with Crippen molar-refractivity contribution in [2.75, 3.05) is 26.2 Å². The Bertz CT molecular complexity index is 1040. The van der Waals surface area contributed by atoms with E-state index in [2.05, 4.69) is 16.5 Å². The van der Waals surface area contributed by atoms with Gasteiger partial charge in [0.25, 0.3) is 5.91 Å². The SMILES string of the molecule is BN1CCc2c(c3cc(C(=O)N4CCC(C)CC4)ccc3n2S(=O)(=O)NCC)C1. The molecule has 7 nitrogen and oxygen atoms in total. The first kappa shape index (κ1) is 20.4. The maximum atomic E-state index is 13.1. The highest BCUT2D eigenvalue weighted by molar-refractivity contribution is 7.88. The number of piperidine rings is 1. The Kier molecular flexibility index (Phi) is 5.48. The number of fused-ring (bicyclic) bond motifs is 3. The van der Waals surface area contributed by atoms with Crippen molar-refractivity contribution in [1.82, 2.24) is 18.4 Å². The first-order chi connectivity index (χ1) is 13.8. The van der Waals surface area contributed by atoms with Crippen molar-refractivity contribution < 1.29 is 13.2 Å². The summed E-state index contributed by atoms with van der Waals surface area (Å²) in [6.45, 7) is 7.40. The first-order valence-electron chi connectivity index (χ1n) is 10.5. The minimum atomic E-state index is -3.66. The first-order valence-corrected chi connectivity index (χ1v) is 11.9. The van der Waals surface area contributed by atoms with Crippen molar-refractivity contribution in [1.29, 1.82) is 0 Å². The van der Waals surface area contributed by atoms with E-state index in [-0.39, 0.29) is 5.91 Å². The van der Waals surface area contributed by atoms with E-state index >= 15 is 0 Å². The van der Waals surface area contributed by atoms with Crippen LogP contribution in [0.1, 0.15) is 48.3 Å². The van der Waals surface area contributed by atoms with Gasteiger partial charge in [-0.3, -0.25) is 4.79 Å². The number of hydrogen-bond acceptors (Lipinski definition) is 4. The minimum absolute atomic E-state index is 0.0407. The van der Waals surface area contributed by atoms with Gasteiger partial charge < -0.3 is 9.71 Å². The lowest BCUT2D eigenvalue weighted by Gasteiger charge is -2.30. The molecule has 2 aliphatic rings. The smallest absolute Gasteiger partial charge is 0.305 e. The maximum absolute atomic E-state index is 13.1. The molecule has 29 heavy (non-hydrogen) atoms. The van der Waals surface area contributed by atoms with E-state index in [0.29, 0.717) is 36.5 Å². The zero-order valence-corrected chi connectivity index (χ0v) is 18.3. The van der Waals surface area contributed by atoms with E-state index in [9.17, 15) is 13.2 Å². The van der Waals surface area contributed by atoms with E-state index in [4.69, 9.17) is 0 Å². The Morgan fingerprint density at radius 1 is 1.24 bits per heavy atom. The summed E-state index contributed by atoms with van der Waals surface area (Å²) in [5.74, 6) is 0.702. The summed E-state index contributed by atoms with van der Waals surface area (Å²) >= 11 is 0. The van der Waals surface area contributed by atoms with Crippen LogP contribution in [-0.2, 0) is 23.2 Å². The highest BCUT2D eigenvalue weighted by atomic mass is 32.2. The molecule has 1 aromatic heterocycles. The van der Waals surface area contributed by atoms with Crippen molar-refractivity contribution in [3.8, 4) is 0 Å². The second-order valence-corrected chi connectivity index (χ2v) is 9.99. The Morgan fingerprint density at radius 3 is 2.66 bits per heavy atom. The largest absolute Gasteiger partial charge is 0.345 e. The molecule has 1 saturated heterocycles. The molecule has 2 aromatic rings. The van der Waals surface area contributed by atoms with Crippen LogP contribution in [0.25, 0.3) is 10.9 Å². The van der Waals surface area contributed by atoms with Crippen molar-refractivity contribution in [3.05, 3.63) is 35.0 Å². The van der Waals surface area contributed by atoms with Crippen LogP contribution < -0.4 is 4.72 Å². The fourth-order valence-corrected chi connectivity index (χ4v) is 5.91. The molecule has 0 spiro atoms. The third kappa shape index (κ3) is 3.71. The Morgan fingerprint density at radius 2 is 1.97 bits per heavy atom. The van der Waals surface area contributed by atoms with Crippen molar-refractivity contribution in [2.24, 2.45) is 5.92 Å². The lowest BCUT2D eigenvalue weighted by Crippen LogP contribution is -2.37. The average Bonchev–Trinajstić information content (AvgIpc) is 3.01. The number of likely N-dealkylation sites (tertiary alicyclic amines) is 1. The summed E-state index contributed by atoms with van der Waals surface area (Å²) in [4.78, 5) is 17.2. The standard InChI is InChI=1S/C20H29BN4O3S/c1-3-22-29(27,28)25-18-5-4-15(20(26)23-9-6-14(2)7-10-23)12-16(18)17-13-24(21)11-8-19(17)25/h4-5,12,14,22H,3,6-11,13,21H2,1-2H3. The number of benzene rings is 1. The number of carbonyl (C=O) groups is 1. The van der Waals surface area contributed by atoms with E-state index in [0.717, 1.165) is 49.1 Å². The van der Waals surface area contributed by atoms with Gasteiger partial charge in [-0.2, -0.15) is 13.1 Å². The normalized spacial score (nSPS) is 18.9. The lowest BCUT2D eigenvalue weighted by molar-refractivity contribution is 0.0697. The van der Waals surface area contributed by atoms with E-state index in [1.807, 2.05) is 18.9 Å². The van der Waals surface area contributed by atoms with Crippen LogP contribution in [0.3, 0.4) is 0 Å². The van der Waals surface area contributed by atoms with Gasteiger partial charge in [0.2, 0.25) is 0 Å². The predicted molar refractivity (Wildman–Crippen MR) is 117 cm³/mol. The summed E-state index contributed by atoms with van der Waals surface area (Å²) in [5, 5.41) is 0.865. The summed E-state index contributed by atoms with van der Waals surface area (Å²) in [6, 6.07) is 5.46. The Labute approximate surface area is 173 Å². The highest BCUT2D eigenvalue weighted by Crippen LogP contribution is 2.33. The summed E-state index contributed by atoms with van der Waals surface area (Å²) < 4.78 is 29.9. The van der Waals surface area contributed by atoms with Crippen molar-refractivity contribution in [2.45, 2.75) is 39.7 Å². The molecule has 1 amide bonds. The van der Waals surface area contributed by atoms with Gasteiger partial charge in [0.1, 0.15) is 0 Å². The van der Waals surface area contributed by atoms with Crippen LogP contribution in [0.5, 0.6) is 0 Å². The monoisotopic (exact) mass is 416 g/mol. The van der Waals surface area contributed by atoms with Crippen LogP contribution in [0.4, 0.5) is 0 Å². The molecule has 0 bridgehead atoms. The summed E-state index contributed by atoms with van der Waals surface area (Å²) in [5.41, 5.74) is 3.13. The number of hydrogen-bond donors (Lipinski definition) is 1. The van der Waals surface area contributed by atoms with Gasteiger partial charge in [0.15, 0.2) is 7.98 Å². The molecule has 0 saturated carbocycles. The predicted octanol–water partition coefficient (Wildman–Crippen LogP) is 1.12. The van der Waals surface area contributed by atoms with Crippen LogP contribution in [0.15, 0.2) is 18.2 Å². The summed E-state index contributed by atoms with van der Waals surface area (Å²) in [6.07, 6.45) is 2.73. The second-order valence-electron chi connectivity index (χ2n) is 8.39. The molecule has 9 heteroatoms. The fourth-order valence-electron chi connectivity index (χ4n) is 4.50. The molecular formula is C20H29BN4O3S. The van der Waals surface area contributed by atoms with Crippen LogP contribution in [0, 0.1) is 5.92 Å². The fraction of sp³-hybridized carbons (Fsp3) is 0.550. The van der Waals surface area contributed by atoms with Gasteiger partial charge in [-0.15, -0.1) is 0 Å². The van der Waals surface area contributed by atoms with Gasteiger partial charge >= 0.3 is 10.2 Å². The molecular weight excluding hydrogens is 387 g/mol.